The highest BCUT2D eigenvalue weighted by Crippen LogP contribution is 2.27. The van der Waals surface area contributed by atoms with Crippen LogP contribution in [0.5, 0.6) is 0 Å². The number of aromatic nitrogens is 1. The predicted molar refractivity (Wildman–Crippen MR) is 56.2 cm³/mol. The van der Waals surface area contributed by atoms with Crippen LogP contribution in [-0.2, 0) is 15.9 Å². The molecular weight excluding hydrogens is 192 g/mol. The highest BCUT2D eigenvalue weighted by Gasteiger charge is 2.35. The molecule has 0 atom stereocenters. The van der Waals surface area contributed by atoms with Crippen LogP contribution in [0.4, 0.5) is 0 Å². The fourth-order valence-corrected chi connectivity index (χ4v) is 1.86. The van der Waals surface area contributed by atoms with Crippen molar-refractivity contribution >= 4 is 0 Å². The molecule has 1 fully saturated rings. The van der Waals surface area contributed by atoms with E-state index >= 15 is 0 Å². The average molecular weight is 208 g/mol. The number of nitrogens with two attached hydrogens (primary N) is 1. The summed E-state index contributed by atoms with van der Waals surface area (Å²) < 4.78 is 11.3. The highest BCUT2D eigenvalue weighted by atomic mass is 16.7. The summed E-state index contributed by atoms with van der Waals surface area (Å²) >= 11 is 0. The SMILES string of the molecule is NCCC1(Cc2ccncc2)OCCO1. The van der Waals surface area contributed by atoms with E-state index in [1.54, 1.807) is 12.4 Å². The van der Waals surface area contributed by atoms with Gasteiger partial charge in [-0.3, -0.25) is 4.98 Å². The molecule has 0 bridgehead atoms. The molecule has 82 valence electrons. The zero-order chi connectivity index (χ0) is 10.6. The Morgan fingerprint density at radius 2 is 1.93 bits per heavy atom. The van der Waals surface area contributed by atoms with Gasteiger partial charge in [-0.2, -0.15) is 0 Å². The molecule has 0 amide bonds. The Morgan fingerprint density at radius 3 is 2.53 bits per heavy atom. The summed E-state index contributed by atoms with van der Waals surface area (Å²) in [4.78, 5) is 3.98. The first-order valence-corrected chi connectivity index (χ1v) is 5.21. The third-order valence-electron chi connectivity index (χ3n) is 2.56. The molecule has 0 saturated carbocycles. The van der Waals surface area contributed by atoms with Crippen molar-refractivity contribution in [3.8, 4) is 0 Å². The Morgan fingerprint density at radius 1 is 1.27 bits per heavy atom. The fourth-order valence-electron chi connectivity index (χ4n) is 1.86. The molecule has 0 aromatic carbocycles. The van der Waals surface area contributed by atoms with E-state index in [1.165, 1.54) is 5.56 Å². The first kappa shape index (κ1) is 10.5. The van der Waals surface area contributed by atoms with E-state index in [4.69, 9.17) is 15.2 Å². The predicted octanol–water partition coefficient (Wildman–Crippen LogP) is 0.716. The lowest BCUT2D eigenvalue weighted by atomic mass is 10.0. The summed E-state index contributed by atoms with van der Waals surface area (Å²) in [6, 6.07) is 3.95. The highest BCUT2D eigenvalue weighted by molar-refractivity contribution is 5.12. The molecule has 4 heteroatoms. The number of pyridine rings is 1. The Labute approximate surface area is 89.4 Å². The van der Waals surface area contributed by atoms with Crippen LogP contribution >= 0.6 is 0 Å². The van der Waals surface area contributed by atoms with Crippen molar-refractivity contribution in [2.75, 3.05) is 19.8 Å². The molecule has 0 aliphatic carbocycles. The molecule has 0 unspecified atom stereocenters. The Kier molecular flexibility index (Phi) is 3.30. The molecule has 2 heterocycles. The summed E-state index contributed by atoms with van der Waals surface area (Å²) in [6.07, 6.45) is 5.03. The van der Waals surface area contributed by atoms with Gasteiger partial charge in [0.15, 0.2) is 5.79 Å². The standard InChI is InChI=1S/C11H16N2O2/c12-4-3-11(14-7-8-15-11)9-10-1-5-13-6-2-10/h1-2,5-6H,3-4,7-9,12H2. The molecule has 15 heavy (non-hydrogen) atoms. The third kappa shape index (κ3) is 2.53. The molecular formula is C11H16N2O2. The molecule has 1 aliphatic heterocycles. The van der Waals surface area contributed by atoms with Gasteiger partial charge in [-0.1, -0.05) is 0 Å². The lowest BCUT2D eigenvalue weighted by Crippen LogP contribution is -2.35. The van der Waals surface area contributed by atoms with Crippen LogP contribution in [0.2, 0.25) is 0 Å². The molecule has 2 rings (SSSR count). The smallest absolute Gasteiger partial charge is 0.173 e. The zero-order valence-electron chi connectivity index (χ0n) is 8.69. The minimum absolute atomic E-state index is 0.504. The summed E-state index contributed by atoms with van der Waals surface area (Å²) in [5, 5.41) is 0. The van der Waals surface area contributed by atoms with E-state index in [9.17, 15) is 0 Å². The quantitative estimate of drug-likeness (QED) is 0.792. The van der Waals surface area contributed by atoms with E-state index in [0.717, 1.165) is 12.8 Å². The summed E-state index contributed by atoms with van der Waals surface area (Å²) in [5.74, 6) is -0.504. The van der Waals surface area contributed by atoms with Crippen molar-refractivity contribution in [3.63, 3.8) is 0 Å². The summed E-state index contributed by atoms with van der Waals surface area (Å²) in [6.45, 7) is 1.89. The Balaban J connectivity index is 2.07. The number of hydrogen-bond donors (Lipinski definition) is 1. The molecule has 1 saturated heterocycles. The second kappa shape index (κ2) is 4.70. The number of ether oxygens (including phenoxy) is 2. The van der Waals surface area contributed by atoms with E-state index in [1.807, 2.05) is 12.1 Å². The molecule has 1 aliphatic rings. The summed E-state index contributed by atoms with van der Waals surface area (Å²) in [7, 11) is 0. The van der Waals surface area contributed by atoms with Crippen LogP contribution in [0, 0.1) is 0 Å². The maximum atomic E-state index is 5.66. The molecule has 0 spiro atoms. The average Bonchev–Trinajstić information content (AvgIpc) is 2.69. The molecule has 1 aromatic rings. The number of hydrogen-bond acceptors (Lipinski definition) is 4. The van der Waals surface area contributed by atoms with Crippen molar-refractivity contribution in [3.05, 3.63) is 30.1 Å². The minimum atomic E-state index is -0.504. The Hall–Kier alpha value is -0.970. The molecule has 1 aromatic heterocycles. The van der Waals surface area contributed by atoms with Gasteiger partial charge in [0.25, 0.3) is 0 Å². The van der Waals surface area contributed by atoms with Gasteiger partial charge in [0.2, 0.25) is 0 Å². The zero-order valence-corrected chi connectivity index (χ0v) is 8.69. The van der Waals surface area contributed by atoms with Crippen LogP contribution in [-0.4, -0.2) is 30.5 Å². The van der Waals surface area contributed by atoms with Gasteiger partial charge in [-0.05, 0) is 24.2 Å². The number of rotatable bonds is 4. The van der Waals surface area contributed by atoms with Crippen molar-refractivity contribution in [2.24, 2.45) is 5.73 Å². The van der Waals surface area contributed by atoms with Crippen molar-refractivity contribution in [1.82, 2.24) is 4.98 Å². The monoisotopic (exact) mass is 208 g/mol. The molecule has 0 radical (unpaired) electrons. The lowest BCUT2D eigenvalue weighted by Gasteiger charge is -2.26. The van der Waals surface area contributed by atoms with Crippen LogP contribution in [0.25, 0.3) is 0 Å². The second-order valence-corrected chi connectivity index (χ2v) is 3.68. The Bertz CT molecular complexity index is 297. The van der Waals surface area contributed by atoms with Crippen LogP contribution < -0.4 is 5.73 Å². The van der Waals surface area contributed by atoms with Gasteiger partial charge in [0.05, 0.1) is 13.2 Å². The first-order chi connectivity index (χ1) is 7.35. The van der Waals surface area contributed by atoms with Gasteiger partial charge >= 0.3 is 0 Å². The van der Waals surface area contributed by atoms with Gasteiger partial charge in [-0.25, -0.2) is 0 Å². The lowest BCUT2D eigenvalue weighted by molar-refractivity contribution is -0.158. The van der Waals surface area contributed by atoms with E-state index < -0.39 is 5.79 Å². The van der Waals surface area contributed by atoms with Crippen LogP contribution in [0.1, 0.15) is 12.0 Å². The van der Waals surface area contributed by atoms with Gasteiger partial charge < -0.3 is 15.2 Å². The largest absolute Gasteiger partial charge is 0.347 e. The van der Waals surface area contributed by atoms with Gasteiger partial charge in [0, 0.05) is 25.2 Å². The molecule has 4 nitrogen and oxygen atoms in total. The first-order valence-electron chi connectivity index (χ1n) is 5.21. The van der Waals surface area contributed by atoms with Gasteiger partial charge in [0.1, 0.15) is 0 Å². The van der Waals surface area contributed by atoms with E-state index in [2.05, 4.69) is 4.98 Å². The van der Waals surface area contributed by atoms with E-state index in [0.29, 0.717) is 19.8 Å². The second-order valence-electron chi connectivity index (χ2n) is 3.68. The maximum absolute atomic E-state index is 5.66. The van der Waals surface area contributed by atoms with Crippen molar-refractivity contribution in [1.29, 1.82) is 0 Å². The number of nitrogens with zero attached hydrogens (tertiary/aromatic N) is 1. The van der Waals surface area contributed by atoms with Crippen LogP contribution in [0.3, 0.4) is 0 Å². The van der Waals surface area contributed by atoms with Gasteiger partial charge in [-0.15, -0.1) is 0 Å². The topological polar surface area (TPSA) is 57.4 Å². The summed E-state index contributed by atoms with van der Waals surface area (Å²) in [5.41, 5.74) is 6.74. The molecule has 2 N–H and O–H groups in total. The normalized spacial score (nSPS) is 19.3. The third-order valence-corrected chi connectivity index (χ3v) is 2.56. The fraction of sp³-hybridized carbons (Fsp3) is 0.545. The van der Waals surface area contributed by atoms with Crippen LogP contribution in [0.15, 0.2) is 24.5 Å². The van der Waals surface area contributed by atoms with E-state index in [-0.39, 0.29) is 0 Å². The maximum Gasteiger partial charge on any atom is 0.173 e. The minimum Gasteiger partial charge on any atom is -0.347 e. The van der Waals surface area contributed by atoms with Crippen molar-refractivity contribution in [2.45, 2.75) is 18.6 Å². The van der Waals surface area contributed by atoms with Crippen molar-refractivity contribution < 1.29 is 9.47 Å².